The molecule has 63 heavy (non-hydrogen) atoms. The first-order valence-electron chi connectivity index (χ1n) is 21.1. The van der Waals surface area contributed by atoms with E-state index in [4.69, 9.17) is 23.8 Å². The predicted molar refractivity (Wildman–Crippen MR) is 256 cm³/mol. The Labute approximate surface area is 361 Å². The van der Waals surface area contributed by atoms with E-state index >= 15 is 0 Å². The Morgan fingerprint density at radius 2 is 0.952 bits per heavy atom. The van der Waals surface area contributed by atoms with Crippen molar-refractivity contribution in [1.29, 1.82) is 0 Å². The summed E-state index contributed by atoms with van der Waals surface area (Å²) in [6, 6.07) is 71.5. The van der Waals surface area contributed by atoms with Crippen LogP contribution >= 0.6 is 0 Å². The van der Waals surface area contributed by atoms with Gasteiger partial charge in [0.1, 0.15) is 22.3 Å². The number of aromatic nitrogens is 4. The molecule has 0 fully saturated rings. The van der Waals surface area contributed by atoms with Gasteiger partial charge in [0.15, 0.2) is 17.5 Å². The summed E-state index contributed by atoms with van der Waals surface area (Å²) in [4.78, 5) is 15.4. The molecule has 9 aromatic carbocycles. The van der Waals surface area contributed by atoms with E-state index in [-0.39, 0.29) is 0 Å². The Morgan fingerprint density at radius 3 is 1.79 bits per heavy atom. The minimum absolute atomic E-state index is 0.555. The normalized spacial score (nSPS) is 11.8. The van der Waals surface area contributed by atoms with E-state index in [0.29, 0.717) is 17.5 Å². The molecule has 0 aliphatic heterocycles. The van der Waals surface area contributed by atoms with Crippen LogP contribution in [-0.4, -0.2) is 19.5 Å². The van der Waals surface area contributed by atoms with Crippen LogP contribution in [0.1, 0.15) is 0 Å². The minimum atomic E-state index is 0.555. The molecule has 0 aliphatic rings. The van der Waals surface area contributed by atoms with Gasteiger partial charge in [-0.3, -0.25) is 0 Å². The van der Waals surface area contributed by atoms with Crippen LogP contribution in [0.5, 0.6) is 0 Å². The van der Waals surface area contributed by atoms with Gasteiger partial charge in [0, 0.05) is 60.3 Å². The quantitative estimate of drug-likeness (QED) is 0.167. The molecule has 0 bridgehead atoms. The Bertz CT molecular complexity index is 3900. The van der Waals surface area contributed by atoms with Crippen LogP contribution in [-0.2, 0) is 0 Å². The number of hydrogen-bond acceptors (Lipinski definition) is 5. The molecule has 0 amide bonds. The van der Waals surface area contributed by atoms with Gasteiger partial charge >= 0.3 is 0 Å². The summed E-state index contributed by atoms with van der Waals surface area (Å²) in [5, 5.41) is 6.44. The van der Waals surface area contributed by atoms with Gasteiger partial charge in [0.05, 0.1) is 11.0 Å². The lowest BCUT2D eigenvalue weighted by Gasteiger charge is -2.09. The molecule has 6 heteroatoms. The molecule has 0 unspecified atom stereocenters. The van der Waals surface area contributed by atoms with E-state index in [1.807, 2.05) is 54.6 Å². The molecule has 0 saturated heterocycles. The van der Waals surface area contributed by atoms with Crippen LogP contribution in [0, 0.1) is 0 Å². The Balaban J connectivity index is 0.962. The molecule has 4 heterocycles. The number of fused-ring (bicyclic) bond motifs is 9. The largest absolute Gasteiger partial charge is 0.456 e. The highest BCUT2D eigenvalue weighted by Gasteiger charge is 2.21. The van der Waals surface area contributed by atoms with Crippen LogP contribution in [0.15, 0.2) is 215 Å². The molecule has 0 atom stereocenters. The number of hydrogen-bond donors (Lipinski definition) is 0. The molecule has 0 radical (unpaired) electrons. The summed E-state index contributed by atoms with van der Waals surface area (Å²) in [7, 11) is 0. The smallest absolute Gasteiger partial charge is 0.164 e. The number of furan rings is 2. The van der Waals surface area contributed by atoms with Crippen molar-refractivity contribution in [3.8, 4) is 62.1 Å². The molecule has 13 rings (SSSR count). The van der Waals surface area contributed by atoms with Crippen molar-refractivity contribution >= 4 is 65.7 Å². The van der Waals surface area contributed by atoms with Gasteiger partial charge in [-0.15, -0.1) is 0 Å². The van der Waals surface area contributed by atoms with Gasteiger partial charge in [-0.25, -0.2) is 15.0 Å². The zero-order valence-corrected chi connectivity index (χ0v) is 33.7. The topological polar surface area (TPSA) is 69.9 Å². The maximum Gasteiger partial charge on any atom is 0.164 e. The van der Waals surface area contributed by atoms with E-state index in [1.165, 1.54) is 16.3 Å². The Kier molecular flexibility index (Phi) is 7.80. The van der Waals surface area contributed by atoms with Gasteiger partial charge in [-0.1, -0.05) is 146 Å². The van der Waals surface area contributed by atoms with Gasteiger partial charge < -0.3 is 13.4 Å². The SMILES string of the molecule is c1ccc(-c2ccc3oc4cc(-c5nc(-c6ccccc6)nc(-c6cccc7oc8c(-c9ccc%10c(c9)c9ccccc9n%10-c9ccccc9)cccc8c67)n5)ccc4c3c2)cc1. The van der Waals surface area contributed by atoms with Crippen LogP contribution in [0.25, 0.3) is 128 Å². The average molecular weight is 807 g/mol. The summed E-state index contributed by atoms with van der Waals surface area (Å²) in [5.74, 6) is 1.70. The van der Waals surface area contributed by atoms with Crippen LogP contribution < -0.4 is 0 Å². The van der Waals surface area contributed by atoms with Gasteiger partial charge in [0.25, 0.3) is 0 Å². The second-order valence-electron chi connectivity index (χ2n) is 15.9. The lowest BCUT2D eigenvalue weighted by molar-refractivity contribution is 0.669. The van der Waals surface area contributed by atoms with Gasteiger partial charge in [-0.2, -0.15) is 0 Å². The van der Waals surface area contributed by atoms with Crippen molar-refractivity contribution in [3.63, 3.8) is 0 Å². The third-order valence-corrected chi connectivity index (χ3v) is 12.3. The van der Waals surface area contributed by atoms with Crippen molar-refractivity contribution in [2.75, 3.05) is 0 Å². The van der Waals surface area contributed by atoms with Crippen LogP contribution in [0.4, 0.5) is 0 Å². The zero-order valence-electron chi connectivity index (χ0n) is 33.7. The molecular weight excluding hydrogens is 773 g/mol. The van der Waals surface area contributed by atoms with E-state index in [1.54, 1.807) is 0 Å². The summed E-state index contributed by atoms with van der Waals surface area (Å²) in [6.07, 6.45) is 0. The Hall–Kier alpha value is -8.61. The number of benzene rings is 9. The maximum absolute atomic E-state index is 6.83. The molecule has 294 valence electrons. The van der Waals surface area contributed by atoms with Crippen molar-refractivity contribution in [1.82, 2.24) is 19.5 Å². The van der Waals surface area contributed by atoms with Crippen LogP contribution in [0.3, 0.4) is 0 Å². The maximum atomic E-state index is 6.83. The fourth-order valence-corrected chi connectivity index (χ4v) is 9.33. The number of nitrogens with zero attached hydrogens (tertiary/aromatic N) is 4. The van der Waals surface area contributed by atoms with Gasteiger partial charge in [-0.05, 0) is 77.4 Å². The van der Waals surface area contributed by atoms with E-state index in [2.05, 4.69) is 156 Å². The van der Waals surface area contributed by atoms with E-state index < -0.39 is 0 Å². The van der Waals surface area contributed by atoms with Crippen LogP contribution in [0.2, 0.25) is 0 Å². The first kappa shape index (κ1) is 35.2. The molecule has 13 aromatic rings. The fraction of sp³-hybridized carbons (Fsp3) is 0. The summed E-state index contributed by atoms with van der Waals surface area (Å²) in [6.45, 7) is 0. The first-order chi connectivity index (χ1) is 31.2. The second kappa shape index (κ2) is 14.0. The highest BCUT2D eigenvalue weighted by molar-refractivity contribution is 6.16. The Morgan fingerprint density at radius 1 is 0.317 bits per heavy atom. The highest BCUT2D eigenvalue weighted by Crippen LogP contribution is 2.42. The van der Waals surface area contributed by atoms with E-state index in [0.717, 1.165) is 94.0 Å². The lowest BCUT2D eigenvalue weighted by Crippen LogP contribution is -2.00. The highest BCUT2D eigenvalue weighted by atomic mass is 16.3. The first-order valence-corrected chi connectivity index (χ1v) is 21.1. The summed E-state index contributed by atoms with van der Waals surface area (Å²) in [5.41, 5.74) is 13.6. The number of para-hydroxylation sites is 3. The average Bonchev–Trinajstić information content (AvgIpc) is 4.03. The molecule has 0 spiro atoms. The molecule has 0 aliphatic carbocycles. The zero-order chi connectivity index (χ0) is 41.4. The standard InChI is InChI=1S/C57H34N4O2/c1-4-14-35(15-5-1)37-28-31-50-47(32-37)43-29-26-39(34-52(43)62-50)56-58-55(36-16-6-2-7-17-36)59-57(60-56)45-23-13-25-51-53(45)44-22-12-21-41(54(44)63-51)38-27-30-49-46(33-38)42-20-10-11-24-48(42)61(49)40-18-8-3-9-19-40/h1-34H. The third-order valence-electron chi connectivity index (χ3n) is 12.3. The minimum Gasteiger partial charge on any atom is -0.456 e. The lowest BCUT2D eigenvalue weighted by atomic mass is 9.99. The third kappa shape index (κ3) is 5.69. The summed E-state index contributed by atoms with van der Waals surface area (Å²) >= 11 is 0. The second-order valence-corrected chi connectivity index (χ2v) is 15.9. The molecule has 4 aromatic heterocycles. The molecule has 0 N–H and O–H groups in total. The molecule has 0 saturated carbocycles. The monoisotopic (exact) mass is 806 g/mol. The molecule has 6 nitrogen and oxygen atoms in total. The predicted octanol–water partition coefficient (Wildman–Crippen LogP) is 15.1. The fourth-order valence-electron chi connectivity index (χ4n) is 9.33. The molecular formula is C57H34N4O2. The van der Waals surface area contributed by atoms with Crippen molar-refractivity contribution in [2.45, 2.75) is 0 Å². The summed E-state index contributed by atoms with van der Waals surface area (Å²) < 4.78 is 15.6. The van der Waals surface area contributed by atoms with E-state index in [9.17, 15) is 0 Å². The van der Waals surface area contributed by atoms with Crippen molar-refractivity contribution in [2.24, 2.45) is 0 Å². The van der Waals surface area contributed by atoms with Crippen molar-refractivity contribution in [3.05, 3.63) is 206 Å². The van der Waals surface area contributed by atoms with Gasteiger partial charge in [0.2, 0.25) is 0 Å². The van der Waals surface area contributed by atoms with Crippen molar-refractivity contribution < 1.29 is 8.83 Å². The number of rotatable bonds is 6.